The fourth-order valence-corrected chi connectivity index (χ4v) is 2.75. The van der Waals surface area contributed by atoms with Crippen LogP contribution in [-0.2, 0) is 11.2 Å². The molecule has 0 radical (unpaired) electrons. The first-order valence-corrected chi connectivity index (χ1v) is 7.75. The Labute approximate surface area is 141 Å². The highest BCUT2D eigenvalue weighted by molar-refractivity contribution is 5.73. The van der Waals surface area contributed by atoms with E-state index in [2.05, 4.69) is 0 Å². The van der Waals surface area contributed by atoms with Crippen molar-refractivity contribution in [1.29, 1.82) is 0 Å². The molecule has 0 heterocycles. The third kappa shape index (κ3) is 3.86. The SMILES string of the molecule is Cc1cc(Oc2c(C)cc(C[C@@H](N)C(=O)O)cc2C)cc(C)c1O. The summed E-state index contributed by atoms with van der Waals surface area (Å²) in [7, 11) is 0. The largest absolute Gasteiger partial charge is 0.507 e. The van der Waals surface area contributed by atoms with Crippen molar-refractivity contribution in [1.82, 2.24) is 0 Å². The lowest BCUT2D eigenvalue weighted by atomic mass is 10.0. The van der Waals surface area contributed by atoms with E-state index < -0.39 is 12.0 Å². The molecular formula is C19H23NO4. The number of aliphatic carboxylic acids is 1. The third-order valence-corrected chi connectivity index (χ3v) is 3.98. The van der Waals surface area contributed by atoms with E-state index in [0.29, 0.717) is 5.75 Å². The smallest absolute Gasteiger partial charge is 0.320 e. The Morgan fingerprint density at radius 2 is 1.54 bits per heavy atom. The van der Waals surface area contributed by atoms with E-state index in [-0.39, 0.29) is 12.2 Å². The summed E-state index contributed by atoms with van der Waals surface area (Å²) in [6.07, 6.45) is 0.273. The molecule has 2 aromatic rings. The van der Waals surface area contributed by atoms with Gasteiger partial charge in [-0.15, -0.1) is 0 Å². The number of aryl methyl sites for hydroxylation is 4. The number of carboxylic acid groups (broad SMARTS) is 1. The van der Waals surface area contributed by atoms with Gasteiger partial charge in [0.05, 0.1) is 0 Å². The van der Waals surface area contributed by atoms with Crippen LogP contribution in [0.2, 0.25) is 0 Å². The maximum atomic E-state index is 10.9. The molecule has 0 aromatic heterocycles. The Balaban J connectivity index is 2.30. The number of rotatable bonds is 5. The topological polar surface area (TPSA) is 92.8 Å². The molecule has 0 spiro atoms. The molecule has 0 unspecified atom stereocenters. The standard InChI is InChI=1S/C19H23NO4/c1-10-7-15(8-11(2)17(10)21)24-18-12(3)5-14(6-13(18)4)9-16(20)19(22)23/h5-8,16,21H,9,20H2,1-4H3,(H,22,23)/t16-/m1/s1. The monoisotopic (exact) mass is 329 g/mol. The molecule has 2 aromatic carbocycles. The van der Waals surface area contributed by atoms with Crippen LogP contribution in [0.4, 0.5) is 0 Å². The Morgan fingerprint density at radius 1 is 1.04 bits per heavy atom. The van der Waals surface area contributed by atoms with Crippen LogP contribution in [0.25, 0.3) is 0 Å². The van der Waals surface area contributed by atoms with Crippen LogP contribution in [0.3, 0.4) is 0 Å². The molecule has 0 amide bonds. The van der Waals surface area contributed by atoms with E-state index >= 15 is 0 Å². The molecular weight excluding hydrogens is 306 g/mol. The second kappa shape index (κ2) is 6.93. The molecule has 5 nitrogen and oxygen atoms in total. The average molecular weight is 329 g/mol. The van der Waals surface area contributed by atoms with Gasteiger partial charge in [-0.05, 0) is 74.1 Å². The summed E-state index contributed by atoms with van der Waals surface area (Å²) in [6.45, 7) is 7.48. The maximum absolute atomic E-state index is 10.9. The fourth-order valence-electron chi connectivity index (χ4n) is 2.75. The Morgan fingerprint density at radius 3 is 2.00 bits per heavy atom. The van der Waals surface area contributed by atoms with Gasteiger partial charge in [0.15, 0.2) is 0 Å². The number of nitrogens with two attached hydrogens (primary N) is 1. The summed E-state index contributed by atoms with van der Waals surface area (Å²) in [4.78, 5) is 10.9. The molecule has 0 bridgehead atoms. The summed E-state index contributed by atoms with van der Waals surface area (Å²) in [5.74, 6) is 0.644. The van der Waals surface area contributed by atoms with Gasteiger partial charge in [0.25, 0.3) is 0 Å². The van der Waals surface area contributed by atoms with Crippen LogP contribution in [0.5, 0.6) is 17.2 Å². The number of ether oxygens (including phenoxy) is 1. The molecule has 24 heavy (non-hydrogen) atoms. The van der Waals surface area contributed by atoms with E-state index in [1.807, 2.05) is 39.8 Å². The quantitative estimate of drug-likeness (QED) is 0.782. The van der Waals surface area contributed by atoms with Gasteiger partial charge >= 0.3 is 5.97 Å². The van der Waals surface area contributed by atoms with Crippen LogP contribution in [0.1, 0.15) is 27.8 Å². The molecule has 128 valence electrons. The van der Waals surface area contributed by atoms with Crippen molar-refractivity contribution in [2.75, 3.05) is 0 Å². The number of phenols is 1. The molecule has 1 atom stereocenters. The maximum Gasteiger partial charge on any atom is 0.320 e. The number of carbonyl (C=O) groups is 1. The Kier molecular flexibility index (Phi) is 5.14. The first kappa shape index (κ1) is 17.8. The predicted molar refractivity (Wildman–Crippen MR) is 92.9 cm³/mol. The Hall–Kier alpha value is -2.53. The molecule has 0 saturated carbocycles. The lowest BCUT2D eigenvalue weighted by Crippen LogP contribution is -2.32. The first-order chi connectivity index (χ1) is 11.2. The van der Waals surface area contributed by atoms with Crippen molar-refractivity contribution in [2.24, 2.45) is 5.73 Å². The van der Waals surface area contributed by atoms with Crippen molar-refractivity contribution >= 4 is 5.97 Å². The van der Waals surface area contributed by atoms with E-state index in [1.165, 1.54) is 0 Å². The van der Waals surface area contributed by atoms with Crippen molar-refractivity contribution < 1.29 is 19.7 Å². The van der Waals surface area contributed by atoms with Gasteiger partial charge in [-0.25, -0.2) is 0 Å². The molecule has 0 fully saturated rings. The molecule has 0 aliphatic carbocycles. The summed E-state index contributed by atoms with van der Waals surface area (Å²) in [6, 6.07) is 6.44. The molecule has 5 heteroatoms. The number of hydrogen-bond acceptors (Lipinski definition) is 4. The third-order valence-electron chi connectivity index (χ3n) is 3.98. The average Bonchev–Trinajstić information content (AvgIpc) is 2.48. The number of phenolic OH excluding ortho intramolecular Hbond substituents is 1. The molecule has 4 N–H and O–H groups in total. The minimum atomic E-state index is -1.01. The number of aromatic hydroxyl groups is 1. The van der Waals surface area contributed by atoms with Crippen LogP contribution in [-0.4, -0.2) is 22.2 Å². The van der Waals surface area contributed by atoms with Crippen LogP contribution in [0, 0.1) is 27.7 Å². The van der Waals surface area contributed by atoms with Gasteiger partial charge in [0, 0.05) is 0 Å². The van der Waals surface area contributed by atoms with E-state index in [1.54, 1.807) is 12.1 Å². The zero-order valence-electron chi connectivity index (χ0n) is 14.4. The van der Waals surface area contributed by atoms with E-state index in [9.17, 15) is 9.90 Å². The zero-order chi connectivity index (χ0) is 18.0. The van der Waals surface area contributed by atoms with Crippen LogP contribution in [0.15, 0.2) is 24.3 Å². The lowest BCUT2D eigenvalue weighted by molar-refractivity contribution is -0.138. The number of hydrogen-bond donors (Lipinski definition) is 3. The highest BCUT2D eigenvalue weighted by Gasteiger charge is 2.15. The highest BCUT2D eigenvalue weighted by atomic mass is 16.5. The van der Waals surface area contributed by atoms with Gasteiger partial charge < -0.3 is 20.7 Å². The fraction of sp³-hybridized carbons (Fsp3) is 0.316. The normalized spacial score (nSPS) is 12.0. The summed E-state index contributed by atoms with van der Waals surface area (Å²) < 4.78 is 6.01. The minimum absolute atomic E-state index is 0.272. The Bertz CT molecular complexity index is 737. The highest BCUT2D eigenvalue weighted by Crippen LogP contribution is 2.33. The zero-order valence-corrected chi connectivity index (χ0v) is 14.4. The second-order valence-electron chi connectivity index (χ2n) is 6.22. The molecule has 0 aliphatic rings. The lowest BCUT2D eigenvalue weighted by Gasteiger charge is -2.16. The molecule has 2 rings (SSSR count). The summed E-state index contributed by atoms with van der Waals surface area (Å²) in [5, 5.41) is 18.8. The number of carboxylic acids is 1. The van der Waals surface area contributed by atoms with Crippen LogP contribution < -0.4 is 10.5 Å². The van der Waals surface area contributed by atoms with E-state index in [0.717, 1.165) is 33.6 Å². The van der Waals surface area contributed by atoms with Crippen molar-refractivity contribution in [2.45, 2.75) is 40.2 Å². The van der Waals surface area contributed by atoms with Gasteiger partial charge in [0.2, 0.25) is 0 Å². The van der Waals surface area contributed by atoms with Crippen LogP contribution >= 0.6 is 0 Å². The van der Waals surface area contributed by atoms with Gasteiger partial charge in [0.1, 0.15) is 23.3 Å². The minimum Gasteiger partial charge on any atom is -0.507 e. The number of benzene rings is 2. The van der Waals surface area contributed by atoms with Gasteiger partial charge in [-0.2, -0.15) is 0 Å². The molecule has 0 saturated heterocycles. The van der Waals surface area contributed by atoms with Crippen molar-refractivity contribution in [3.63, 3.8) is 0 Å². The first-order valence-electron chi connectivity index (χ1n) is 7.75. The van der Waals surface area contributed by atoms with Crippen molar-refractivity contribution in [3.05, 3.63) is 52.1 Å². The second-order valence-corrected chi connectivity index (χ2v) is 6.22. The summed E-state index contributed by atoms with van der Waals surface area (Å²) >= 11 is 0. The molecule has 0 aliphatic heterocycles. The predicted octanol–water partition coefficient (Wildman–Crippen LogP) is 3.37. The van der Waals surface area contributed by atoms with E-state index in [4.69, 9.17) is 15.6 Å². The van der Waals surface area contributed by atoms with Gasteiger partial charge in [-0.1, -0.05) is 12.1 Å². The van der Waals surface area contributed by atoms with Gasteiger partial charge in [-0.3, -0.25) is 4.79 Å². The summed E-state index contributed by atoms with van der Waals surface area (Å²) in [5.41, 5.74) is 9.79. The van der Waals surface area contributed by atoms with Crippen molar-refractivity contribution in [3.8, 4) is 17.2 Å².